The van der Waals surface area contributed by atoms with E-state index in [1.54, 1.807) is 13.2 Å². The number of benzene rings is 1. The first kappa shape index (κ1) is 15.5. The molecule has 6 heteroatoms. The molecule has 0 radical (unpaired) electrons. The standard InChI is InChI=1S/C15H17ClN2O3/c1-10-5-3-6-11(9-10)12-13(16)17-15(20)18(14(12)19)7-4-8-21-2/h3,5-6,9H,4,7-8H2,1-2H3,(H,17,20). The number of nitrogens with one attached hydrogen (secondary N) is 1. The Balaban J connectivity index is 2.54. The van der Waals surface area contributed by atoms with Gasteiger partial charge in [-0.15, -0.1) is 0 Å². The molecule has 1 N–H and O–H groups in total. The zero-order valence-corrected chi connectivity index (χ0v) is 12.7. The number of hydrogen-bond acceptors (Lipinski definition) is 3. The summed E-state index contributed by atoms with van der Waals surface area (Å²) in [5, 5.41) is 0.0681. The van der Waals surface area contributed by atoms with Crippen LogP contribution in [0.3, 0.4) is 0 Å². The highest BCUT2D eigenvalue weighted by atomic mass is 35.5. The summed E-state index contributed by atoms with van der Waals surface area (Å²) in [5.41, 5.74) is 1.14. The molecule has 0 aliphatic heterocycles. The summed E-state index contributed by atoms with van der Waals surface area (Å²) < 4.78 is 6.10. The average Bonchev–Trinajstić information content (AvgIpc) is 2.42. The van der Waals surface area contributed by atoms with E-state index in [2.05, 4.69) is 4.98 Å². The van der Waals surface area contributed by atoms with Crippen molar-refractivity contribution in [3.8, 4) is 11.1 Å². The first-order valence-electron chi connectivity index (χ1n) is 6.63. The lowest BCUT2D eigenvalue weighted by atomic mass is 10.1. The predicted octanol–water partition coefficient (Wildman–Crippen LogP) is 2.20. The lowest BCUT2D eigenvalue weighted by molar-refractivity contribution is 0.189. The normalized spacial score (nSPS) is 10.8. The minimum Gasteiger partial charge on any atom is -0.385 e. The maximum Gasteiger partial charge on any atom is 0.329 e. The number of nitrogens with zero attached hydrogens (tertiary/aromatic N) is 1. The van der Waals surface area contributed by atoms with Crippen molar-refractivity contribution in [2.24, 2.45) is 0 Å². The molecule has 21 heavy (non-hydrogen) atoms. The molecular formula is C15H17ClN2O3. The van der Waals surface area contributed by atoms with Gasteiger partial charge in [0.1, 0.15) is 5.15 Å². The van der Waals surface area contributed by atoms with Crippen LogP contribution >= 0.6 is 11.6 Å². The van der Waals surface area contributed by atoms with Gasteiger partial charge in [-0.1, -0.05) is 41.4 Å². The Kier molecular flexibility index (Phi) is 4.98. The molecule has 0 fully saturated rings. The van der Waals surface area contributed by atoms with E-state index in [0.717, 1.165) is 10.1 Å². The van der Waals surface area contributed by atoms with E-state index in [4.69, 9.17) is 16.3 Å². The second-order valence-electron chi connectivity index (χ2n) is 4.79. The molecule has 2 aromatic rings. The van der Waals surface area contributed by atoms with Crippen LogP contribution in [0.25, 0.3) is 11.1 Å². The summed E-state index contributed by atoms with van der Waals surface area (Å²) in [5.74, 6) is 0. The van der Waals surface area contributed by atoms with Gasteiger partial charge < -0.3 is 4.74 Å². The molecule has 1 aromatic heterocycles. The highest BCUT2D eigenvalue weighted by Gasteiger charge is 2.14. The summed E-state index contributed by atoms with van der Waals surface area (Å²) in [7, 11) is 1.58. The highest BCUT2D eigenvalue weighted by Crippen LogP contribution is 2.22. The molecule has 0 atom stereocenters. The molecule has 0 aliphatic rings. The number of aromatic nitrogens is 2. The SMILES string of the molecule is COCCCn1c(=O)[nH]c(Cl)c(-c2cccc(C)c2)c1=O. The van der Waals surface area contributed by atoms with E-state index in [9.17, 15) is 9.59 Å². The molecule has 0 aliphatic carbocycles. The van der Waals surface area contributed by atoms with E-state index >= 15 is 0 Å². The summed E-state index contributed by atoms with van der Waals surface area (Å²) in [6.07, 6.45) is 0.578. The molecule has 0 spiro atoms. The first-order valence-corrected chi connectivity index (χ1v) is 7.01. The topological polar surface area (TPSA) is 64.1 Å². The Morgan fingerprint density at radius 1 is 1.33 bits per heavy atom. The fourth-order valence-corrected chi connectivity index (χ4v) is 2.44. The fourth-order valence-electron chi connectivity index (χ4n) is 2.17. The summed E-state index contributed by atoms with van der Waals surface area (Å²) in [6.45, 7) is 2.70. The molecule has 0 amide bonds. The van der Waals surface area contributed by atoms with E-state index < -0.39 is 5.69 Å². The van der Waals surface area contributed by atoms with E-state index in [-0.39, 0.29) is 17.3 Å². The number of methoxy groups -OCH3 is 1. The maximum absolute atomic E-state index is 12.5. The van der Waals surface area contributed by atoms with Gasteiger partial charge >= 0.3 is 5.69 Å². The lowest BCUT2D eigenvalue weighted by Crippen LogP contribution is -2.36. The smallest absolute Gasteiger partial charge is 0.329 e. The van der Waals surface area contributed by atoms with Crippen molar-refractivity contribution in [1.29, 1.82) is 0 Å². The molecule has 1 heterocycles. The van der Waals surface area contributed by atoms with Gasteiger partial charge in [0, 0.05) is 20.3 Å². The number of aryl methyl sites for hydroxylation is 1. The third kappa shape index (κ3) is 3.43. The fraction of sp³-hybridized carbons (Fsp3) is 0.333. The second-order valence-corrected chi connectivity index (χ2v) is 5.17. The van der Waals surface area contributed by atoms with Crippen molar-refractivity contribution in [3.63, 3.8) is 0 Å². The molecule has 5 nitrogen and oxygen atoms in total. The molecular weight excluding hydrogens is 292 g/mol. The van der Waals surface area contributed by atoms with Crippen LogP contribution in [0, 0.1) is 6.92 Å². The van der Waals surface area contributed by atoms with Gasteiger partial charge in [0.05, 0.1) is 5.56 Å². The van der Waals surface area contributed by atoms with Crippen molar-refractivity contribution in [1.82, 2.24) is 9.55 Å². The van der Waals surface area contributed by atoms with Gasteiger partial charge in [0.2, 0.25) is 0 Å². The van der Waals surface area contributed by atoms with Crippen LogP contribution in [0.1, 0.15) is 12.0 Å². The molecule has 0 unspecified atom stereocenters. The molecule has 0 bridgehead atoms. The van der Waals surface area contributed by atoms with Crippen molar-refractivity contribution in [2.75, 3.05) is 13.7 Å². The summed E-state index contributed by atoms with van der Waals surface area (Å²) in [4.78, 5) is 26.9. The average molecular weight is 309 g/mol. The zero-order chi connectivity index (χ0) is 15.4. The predicted molar refractivity (Wildman–Crippen MR) is 83.0 cm³/mol. The molecule has 2 rings (SSSR count). The number of aromatic amines is 1. The van der Waals surface area contributed by atoms with Crippen LogP contribution in [0.5, 0.6) is 0 Å². The Morgan fingerprint density at radius 3 is 2.76 bits per heavy atom. The van der Waals surface area contributed by atoms with Crippen molar-refractivity contribution >= 4 is 11.6 Å². The number of H-pyrrole nitrogens is 1. The molecule has 112 valence electrons. The Hall–Kier alpha value is -1.85. The van der Waals surface area contributed by atoms with Crippen LogP contribution in [0.4, 0.5) is 0 Å². The van der Waals surface area contributed by atoms with E-state index in [1.807, 2.05) is 25.1 Å². The Labute approximate surface area is 127 Å². The monoisotopic (exact) mass is 308 g/mol. The quantitative estimate of drug-likeness (QED) is 0.680. The van der Waals surface area contributed by atoms with Crippen LogP contribution in [0.15, 0.2) is 33.9 Å². The number of ether oxygens (including phenoxy) is 1. The molecule has 1 aromatic carbocycles. The van der Waals surface area contributed by atoms with E-state index in [0.29, 0.717) is 24.2 Å². The van der Waals surface area contributed by atoms with Crippen LogP contribution in [-0.4, -0.2) is 23.3 Å². The Morgan fingerprint density at radius 2 is 2.10 bits per heavy atom. The number of hydrogen-bond donors (Lipinski definition) is 1. The molecule has 0 saturated carbocycles. The van der Waals surface area contributed by atoms with E-state index in [1.165, 1.54) is 0 Å². The van der Waals surface area contributed by atoms with Crippen molar-refractivity contribution in [2.45, 2.75) is 19.9 Å². The second kappa shape index (κ2) is 6.74. The third-order valence-electron chi connectivity index (χ3n) is 3.18. The number of rotatable bonds is 5. The van der Waals surface area contributed by atoms with Gasteiger partial charge in [0.25, 0.3) is 5.56 Å². The van der Waals surface area contributed by atoms with Crippen LogP contribution in [-0.2, 0) is 11.3 Å². The van der Waals surface area contributed by atoms with Crippen molar-refractivity contribution < 1.29 is 4.74 Å². The first-order chi connectivity index (χ1) is 10.0. The van der Waals surface area contributed by atoms with Crippen LogP contribution < -0.4 is 11.2 Å². The van der Waals surface area contributed by atoms with Gasteiger partial charge in [-0.25, -0.2) is 4.79 Å². The maximum atomic E-state index is 12.5. The summed E-state index contributed by atoms with van der Waals surface area (Å²) in [6, 6.07) is 7.44. The minimum atomic E-state index is -0.502. The zero-order valence-electron chi connectivity index (χ0n) is 12.0. The molecule has 0 saturated heterocycles. The Bertz CT molecular complexity index is 749. The third-order valence-corrected chi connectivity index (χ3v) is 3.46. The largest absolute Gasteiger partial charge is 0.385 e. The van der Waals surface area contributed by atoms with Gasteiger partial charge in [0.15, 0.2) is 0 Å². The highest BCUT2D eigenvalue weighted by molar-refractivity contribution is 6.32. The van der Waals surface area contributed by atoms with Gasteiger partial charge in [-0.05, 0) is 18.9 Å². The van der Waals surface area contributed by atoms with Crippen LogP contribution in [0.2, 0.25) is 5.15 Å². The van der Waals surface area contributed by atoms with Crippen molar-refractivity contribution in [3.05, 3.63) is 55.8 Å². The summed E-state index contributed by atoms with van der Waals surface area (Å²) >= 11 is 6.06. The van der Waals surface area contributed by atoms with Gasteiger partial charge in [-0.2, -0.15) is 0 Å². The number of halogens is 1. The lowest BCUT2D eigenvalue weighted by Gasteiger charge is -2.09. The minimum absolute atomic E-state index is 0.0681. The van der Waals surface area contributed by atoms with Gasteiger partial charge in [-0.3, -0.25) is 14.3 Å².